The zero-order chi connectivity index (χ0) is 12.6. The van der Waals surface area contributed by atoms with Crippen molar-refractivity contribution in [3.8, 4) is 0 Å². The van der Waals surface area contributed by atoms with E-state index >= 15 is 0 Å². The number of carbonyl (C=O) groups is 1. The summed E-state index contributed by atoms with van der Waals surface area (Å²) in [6.45, 7) is 2.83. The molecule has 0 radical (unpaired) electrons. The van der Waals surface area contributed by atoms with Crippen LogP contribution in [0.3, 0.4) is 0 Å². The van der Waals surface area contributed by atoms with Gasteiger partial charge in [-0.25, -0.2) is 19.7 Å². The average molecular weight is 234 g/mol. The Morgan fingerprint density at radius 3 is 2.59 bits per heavy atom. The highest BCUT2D eigenvalue weighted by molar-refractivity contribution is 5.76. The topological polar surface area (TPSA) is 98.0 Å². The molecule has 0 aliphatic rings. The number of fused-ring (bicyclic) bond motifs is 1. The van der Waals surface area contributed by atoms with Crippen LogP contribution in [0.5, 0.6) is 0 Å². The largest absolute Gasteiger partial charge is 0.480 e. The second-order valence-electron chi connectivity index (χ2n) is 4.01. The van der Waals surface area contributed by atoms with Gasteiger partial charge >= 0.3 is 5.97 Å². The Balaban J connectivity index is 2.78. The second kappa shape index (κ2) is 3.62. The molecule has 17 heavy (non-hydrogen) atoms. The highest BCUT2D eigenvalue weighted by Gasteiger charge is 2.31. The second-order valence-corrected chi connectivity index (χ2v) is 4.01. The molecule has 0 atom stereocenters. The first-order valence-electron chi connectivity index (χ1n) is 4.87. The first-order chi connectivity index (χ1) is 7.94. The molecule has 88 valence electrons. The number of hydrogen-bond acceptors (Lipinski definition) is 5. The van der Waals surface area contributed by atoms with Crippen molar-refractivity contribution in [3.05, 3.63) is 29.1 Å². The normalized spacial score (nSPS) is 11.6. The predicted octanol–water partition coefficient (Wildman–Crippen LogP) is 0.00620. The molecular formula is C10H10N4O3. The Hall–Kier alpha value is -2.31. The maximum atomic E-state index is 12.0. The molecule has 7 nitrogen and oxygen atoms in total. The molecule has 0 aromatic carbocycles. The van der Waals surface area contributed by atoms with Crippen molar-refractivity contribution in [2.45, 2.75) is 19.4 Å². The quantitative estimate of drug-likeness (QED) is 0.785. The maximum absolute atomic E-state index is 12.0. The summed E-state index contributed by atoms with van der Waals surface area (Å²) in [5.41, 5.74) is -1.63. The van der Waals surface area contributed by atoms with E-state index in [4.69, 9.17) is 5.11 Å². The third kappa shape index (κ3) is 1.65. The van der Waals surface area contributed by atoms with Crippen molar-refractivity contribution >= 4 is 17.1 Å². The molecule has 2 rings (SSSR count). The molecule has 7 heteroatoms. The maximum Gasteiger partial charge on any atom is 0.329 e. The molecule has 0 amide bonds. The minimum absolute atomic E-state index is 0.0596. The molecule has 1 N–H and O–H groups in total. The van der Waals surface area contributed by atoms with Gasteiger partial charge in [0.05, 0.1) is 0 Å². The summed E-state index contributed by atoms with van der Waals surface area (Å²) in [6.07, 6.45) is 3.96. The van der Waals surface area contributed by atoms with E-state index in [1.54, 1.807) is 0 Å². The highest BCUT2D eigenvalue weighted by atomic mass is 16.4. The summed E-state index contributed by atoms with van der Waals surface area (Å²) in [5.74, 6) is -1.12. The minimum atomic E-state index is -1.38. The molecule has 0 saturated carbocycles. The molecule has 2 heterocycles. The van der Waals surface area contributed by atoms with E-state index in [-0.39, 0.29) is 11.2 Å². The van der Waals surface area contributed by atoms with Crippen LogP contribution in [0, 0.1) is 0 Å². The molecule has 0 bridgehead atoms. The SMILES string of the molecule is CC(C)(C(=O)O)n1cnc2nccnc2c1=O. The number of carboxylic acids is 1. The molecule has 0 unspecified atom stereocenters. The third-order valence-corrected chi connectivity index (χ3v) is 2.52. The predicted molar refractivity (Wildman–Crippen MR) is 58.6 cm³/mol. The fourth-order valence-electron chi connectivity index (χ4n) is 1.36. The van der Waals surface area contributed by atoms with Crippen LogP contribution < -0.4 is 5.56 Å². The number of rotatable bonds is 2. The van der Waals surface area contributed by atoms with Crippen molar-refractivity contribution in [1.82, 2.24) is 19.5 Å². The van der Waals surface area contributed by atoms with Gasteiger partial charge in [-0.05, 0) is 13.8 Å². The van der Waals surface area contributed by atoms with Crippen molar-refractivity contribution in [2.24, 2.45) is 0 Å². The number of carboxylic acid groups (broad SMARTS) is 1. The van der Waals surface area contributed by atoms with E-state index in [1.807, 2.05) is 0 Å². The van der Waals surface area contributed by atoms with Gasteiger partial charge in [-0.2, -0.15) is 0 Å². The summed E-state index contributed by atoms with van der Waals surface area (Å²) in [4.78, 5) is 34.8. The Bertz CT molecular complexity index is 647. The monoisotopic (exact) mass is 234 g/mol. The zero-order valence-electron chi connectivity index (χ0n) is 9.28. The van der Waals surface area contributed by atoms with Gasteiger partial charge < -0.3 is 5.11 Å². The van der Waals surface area contributed by atoms with Crippen LogP contribution in [0.2, 0.25) is 0 Å². The number of hydrogen-bond donors (Lipinski definition) is 1. The molecule has 0 saturated heterocycles. The van der Waals surface area contributed by atoms with E-state index in [9.17, 15) is 9.59 Å². The zero-order valence-corrected chi connectivity index (χ0v) is 9.28. The van der Waals surface area contributed by atoms with Gasteiger partial charge in [0.1, 0.15) is 11.9 Å². The lowest BCUT2D eigenvalue weighted by Crippen LogP contribution is -2.42. The Labute approximate surface area is 95.8 Å². The standard InChI is InChI=1S/C10H10N4O3/c1-10(2,9(16)17)14-5-13-7-6(8(14)15)11-3-4-12-7/h3-5H,1-2H3,(H,16,17). The lowest BCUT2D eigenvalue weighted by Gasteiger charge is -2.21. The van der Waals surface area contributed by atoms with Gasteiger partial charge in [0.25, 0.3) is 5.56 Å². The van der Waals surface area contributed by atoms with Crippen LogP contribution in [0.1, 0.15) is 13.8 Å². The van der Waals surface area contributed by atoms with Crippen molar-refractivity contribution in [3.63, 3.8) is 0 Å². The smallest absolute Gasteiger partial charge is 0.329 e. The third-order valence-electron chi connectivity index (χ3n) is 2.52. The van der Waals surface area contributed by atoms with Crippen LogP contribution in [-0.2, 0) is 10.3 Å². The van der Waals surface area contributed by atoms with Crippen molar-refractivity contribution in [1.29, 1.82) is 0 Å². The number of aromatic nitrogens is 4. The number of nitrogens with zero attached hydrogens (tertiary/aromatic N) is 4. The van der Waals surface area contributed by atoms with Gasteiger partial charge in [0.2, 0.25) is 0 Å². The number of aliphatic carboxylic acids is 1. The van der Waals surface area contributed by atoms with Gasteiger partial charge in [-0.3, -0.25) is 9.36 Å². The van der Waals surface area contributed by atoms with Gasteiger partial charge in [-0.1, -0.05) is 0 Å². The summed E-state index contributed by atoms with van der Waals surface area (Å²) in [5, 5.41) is 9.07. The van der Waals surface area contributed by atoms with Crippen molar-refractivity contribution in [2.75, 3.05) is 0 Å². The van der Waals surface area contributed by atoms with E-state index in [0.717, 1.165) is 4.57 Å². The molecule has 2 aromatic rings. The molecule has 2 aromatic heterocycles. The average Bonchev–Trinajstić information content (AvgIpc) is 2.29. The lowest BCUT2D eigenvalue weighted by atomic mass is 10.1. The Morgan fingerprint density at radius 1 is 1.29 bits per heavy atom. The fraction of sp³-hybridized carbons (Fsp3) is 0.300. The van der Waals surface area contributed by atoms with Crippen molar-refractivity contribution < 1.29 is 9.90 Å². The van der Waals surface area contributed by atoms with Gasteiger partial charge in [0.15, 0.2) is 11.2 Å². The van der Waals surface area contributed by atoms with Gasteiger partial charge in [0, 0.05) is 12.4 Å². The lowest BCUT2D eigenvalue weighted by molar-refractivity contribution is -0.145. The summed E-state index contributed by atoms with van der Waals surface area (Å²) in [6, 6.07) is 0. The van der Waals surface area contributed by atoms with Crippen LogP contribution >= 0.6 is 0 Å². The van der Waals surface area contributed by atoms with E-state index in [2.05, 4.69) is 15.0 Å². The van der Waals surface area contributed by atoms with Gasteiger partial charge in [-0.15, -0.1) is 0 Å². The fourth-order valence-corrected chi connectivity index (χ4v) is 1.36. The minimum Gasteiger partial charge on any atom is -0.480 e. The Kier molecular flexibility index (Phi) is 2.38. The molecule has 0 fully saturated rings. The molecule has 0 aliphatic heterocycles. The Morgan fingerprint density at radius 2 is 1.94 bits per heavy atom. The van der Waals surface area contributed by atoms with E-state index in [0.29, 0.717) is 0 Å². The van der Waals surface area contributed by atoms with Crippen LogP contribution in [0.15, 0.2) is 23.5 Å². The first-order valence-corrected chi connectivity index (χ1v) is 4.87. The van der Waals surface area contributed by atoms with E-state index < -0.39 is 17.1 Å². The van der Waals surface area contributed by atoms with Crippen LogP contribution in [0.25, 0.3) is 11.2 Å². The van der Waals surface area contributed by atoms with Crippen LogP contribution in [0.4, 0.5) is 0 Å². The van der Waals surface area contributed by atoms with Crippen LogP contribution in [-0.4, -0.2) is 30.6 Å². The summed E-state index contributed by atoms with van der Waals surface area (Å²) >= 11 is 0. The first kappa shape index (κ1) is 11.2. The highest BCUT2D eigenvalue weighted by Crippen LogP contribution is 2.12. The molecule has 0 spiro atoms. The summed E-state index contributed by atoms with van der Waals surface area (Å²) < 4.78 is 1.03. The summed E-state index contributed by atoms with van der Waals surface area (Å²) in [7, 11) is 0. The molecular weight excluding hydrogens is 224 g/mol. The molecule has 0 aliphatic carbocycles. The van der Waals surface area contributed by atoms with E-state index in [1.165, 1.54) is 32.6 Å².